The highest BCUT2D eigenvalue weighted by Gasteiger charge is 2.13. The first kappa shape index (κ1) is 13.7. The molecule has 104 valence electrons. The van der Waals surface area contributed by atoms with E-state index in [0.29, 0.717) is 10.0 Å². The van der Waals surface area contributed by atoms with Gasteiger partial charge in [-0.2, -0.15) is 0 Å². The van der Waals surface area contributed by atoms with Gasteiger partial charge >= 0.3 is 0 Å². The zero-order valence-electron chi connectivity index (χ0n) is 11.0. The molecule has 3 rings (SSSR count). The summed E-state index contributed by atoms with van der Waals surface area (Å²) in [6.45, 7) is 2.12. The van der Waals surface area contributed by atoms with Gasteiger partial charge in [0.1, 0.15) is 0 Å². The number of anilines is 1. The summed E-state index contributed by atoms with van der Waals surface area (Å²) in [7, 11) is 0. The monoisotopic (exact) mass is 307 g/mol. The molecule has 0 radical (unpaired) electrons. The quantitative estimate of drug-likeness (QED) is 0.821. The van der Waals surface area contributed by atoms with E-state index < -0.39 is 0 Å². The summed E-state index contributed by atoms with van der Waals surface area (Å²) in [6, 6.07) is 9.49. The normalized spacial score (nSPS) is 15.4. The number of aromatic nitrogens is 2. The van der Waals surface area contributed by atoms with Crippen LogP contribution in [0.4, 0.5) is 5.82 Å². The Morgan fingerprint density at radius 2 is 1.70 bits per heavy atom. The smallest absolute Gasteiger partial charge is 0.151 e. The van der Waals surface area contributed by atoms with Crippen LogP contribution in [0.3, 0.4) is 0 Å². The van der Waals surface area contributed by atoms with Gasteiger partial charge in [-0.05, 0) is 37.5 Å². The molecule has 0 saturated carbocycles. The molecule has 1 fully saturated rings. The van der Waals surface area contributed by atoms with Crippen LogP contribution in [-0.4, -0.2) is 23.3 Å². The van der Waals surface area contributed by atoms with Gasteiger partial charge in [0.15, 0.2) is 5.82 Å². The molecular formula is C15H15Cl2N3. The molecule has 1 saturated heterocycles. The molecule has 0 atom stereocenters. The van der Waals surface area contributed by atoms with Gasteiger partial charge in [-0.25, -0.2) is 0 Å². The molecule has 2 heterocycles. The predicted molar refractivity (Wildman–Crippen MR) is 83.6 cm³/mol. The van der Waals surface area contributed by atoms with Crippen molar-refractivity contribution >= 4 is 29.0 Å². The summed E-state index contributed by atoms with van der Waals surface area (Å²) in [6.07, 6.45) is 3.76. The fourth-order valence-corrected chi connectivity index (χ4v) is 2.86. The van der Waals surface area contributed by atoms with Gasteiger partial charge in [-0.15, -0.1) is 10.2 Å². The summed E-state index contributed by atoms with van der Waals surface area (Å²) >= 11 is 12.2. The molecule has 0 amide bonds. The standard InChI is InChI=1S/C15H15Cl2N3/c16-12-6-4-5-11(15(12)17)13-7-8-14(19-18-13)20-9-2-1-3-10-20/h4-8H,1-3,9-10H2. The molecule has 1 aliphatic rings. The number of piperidine rings is 1. The third-order valence-electron chi connectivity index (χ3n) is 3.56. The van der Waals surface area contributed by atoms with Gasteiger partial charge in [0.25, 0.3) is 0 Å². The number of hydrogen-bond donors (Lipinski definition) is 0. The van der Waals surface area contributed by atoms with Crippen LogP contribution in [0.1, 0.15) is 19.3 Å². The molecule has 1 aromatic carbocycles. The highest BCUT2D eigenvalue weighted by molar-refractivity contribution is 6.43. The van der Waals surface area contributed by atoms with Crippen LogP contribution < -0.4 is 4.90 Å². The number of nitrogens with zero attached hydrogens (tertiary/aromatic N) is 3. The van der Waals surface area contributed by atoms with E-state index in [1.165, 1.54) is 19.3 Å². The molecule has 2 aromatic rings. The number of benzene rings is 1. The summed E-state index contributed by atoms with van der Waals surface area (Å²) in [5.41, 5.74) is 1.56. The van der Waals surface area contributed by atoms with Crippen LogP contribution in [-0.2, 0) is 0 Å². The first-order valence-electron chi connectivity index (χ1n) is 6.79. The van der Waals surface area contributed by atoms with Gasteiger partial charge in [-0.3, -0.25) is 0 Å². The second kappa shape index (κ2) is 5.98. The molecule has 0 N–H and O–H groups in total. The zero-order valence-corrected chi connectivity index (χ0v) is 12.5. The fourth-order valence-electron chi connectivity index (χ4n) is 2.46. The molecule has 0 aliphatic carbocycles. The van der Waals surface area contributed by atoms with Crippen LogP contribution in [0.5, 0.6) is 0 Å². The zero-order chi connectivity index (χ0) is 13.9. The van der Waals surface area contributed by atoms with Crippen LogP contribution in [0.2, 0.25) is 10.0 Å². The average Bonchev–Trinajstić information content (AvgIpc) is 2.51. The van der Waals surface area contributed by atoms with E-state index in [-0.39, 0.29) is 0 Å². The van der Waals surface area contributed by atoms with Crippen molar-refractivity contribution < 1.29 is 0 Å². The lowest BCUT2D eigenvalue weighted by molar-refractivity contribution is 0.571. The number of rotatable bonds is 2. The third-order valence-corrected chi connectivity index (χ3v) is 4.38. The molecule has 5 heteroatoms. The maximum absolute atomic E-state index is 6.21. The minimum absolute atomic E-state index is 0.522. The third kappa shape index (κ3) is 2.74. The molecule has 0 unspecified atom stereocenters. The van der Waals surface area contributed by atoms with Crippen molar-refractivity contribution in [2.45, 2.75) is 19.3 Å². The van der Waals surface area contributed by atoms with Crippen molar-refractivity contribution in [3.8, 4) is 11.3 Å². The Morgan fingerprint density at radius 1 is 0.900 bits per heavy atom. The van der Waals surface area contributed by atoms with E-state index in [9.17, 15) is 0 Å². The Morgan fingerprint density at radius 3 is 2.40 bits per heavy atom. The molecule has 1 aliphatic heterocycles. The highest BCUT2D eigenvalue weighted by Crippen LogP contribution is 2.32. The van der Waals surface area contributed by atoms with Gasteiger partial charge in [0.2, 0.25) is 0 Å². The van der Waals surface area contributed by atoms with E-state index in [4.69, 9.17) is 23.2 Å². The molecule has 20 heavy (non-hydrogen) atoms. The largest absolute Gasteiger partial charge is 0.355 e. The summed E-state index contributed by atoms with van der Waals surface area (Å²) < 4.78 is 0. The molecule has 0 spiro atoms. The van der Waals surface area contributed by atoms with Crippen molar-refractivity contribution in [1.82, 2.24) is 10.2 Å². The van der Waals surface area contributed by atoms with Gasteiger partial charge in [-0.1, -0.05) is 35.3 Å². The van der Waals surface area contributed by atoms with E-state index >= 15 is 0 Å². The lowest BCUT2D eigenvalue weighted by atomic mass is 10.1. The van der Waals surface area contributed by atoms with Gasteiger partial charge in [0.05, 0.1) is 15.7 Å². The second-order valence-electron chi connectivity index (χ2n) is 4.93. The Labute approximate surface area is 128 Å². The maximum Gasteiger partial charge on any atom is 0.151 e. The van der Waals surface area contributed by atoms with E-state index in [0.717, 1.165) is 30.2 Å². The Hall–Kier alpha value is -1.32. The Bertz CT molecular complexity index is 593. The summed E-state index contributed by atoms with van der Waals surface area (Å²) in [4.78, 5) is 2.28. The predicted octanol–water partition coefficient (Wildman–Crippen LogP) is 4.44. The second-order valence-corrected chi connectivity index (χ2v) is 5.71. The fraction of sp³-hybridized carbons (Fsp3) is 0.333. The van der Waals surface area contributed by atoms with Crippen LogP contribution in [0.15, 0.2) is 30.3 Å². The SMILES string of the molecule is Clc1cccc(-c2ccc(N3CCCCC3)nn2)c1Cl. The van der Waals surface area contributed by atoms with Crippen LogP contribution in [0.25, 0.3) is 11.3 Å². The van der Waals surface area contributed by atoms with Gasteiger partial charge in [0, 0.05) is 18.7 Å². The minimum atomic E-state index is 0.522. The van der Waals surface area contributed by atoms with E-state index in [1.54, 1.807) is 6.07 Å². The van der Waals surface area contributed by atoms with E-state index in [1.807, 2.05) is 24.3 Å². The lowest BCUT2D eigenvalue weighted by Gasteiger charge is -2.27. The van der Waals surface area contributed by atoms with Crippen molar-refractivity contribution in [1.29, 1.82) is 0 Å². The lowest BCUT2D eigenvalue weighted by Crippen LogP contribution is -2.30. The molecular weight excluding hydrogens is 293 g/mol. The van der Waals surface area contributed by atoms with Crippen molar-refractivity contribution in [2.24, 2.45) is 0 Å². The Kier molecular flexibility index (Phi) is 4.08. The van der Waals surface area contributed by atoms with E-state index in [2.05, 4.69) is 15.1 Å². The maximum atomic E-state index is 6.21. The van der Waals surface area contributed by atoms with Crippen LogP contribution in [0, 0.1) is 0 Å². The average molecular weight is 308 g/mol. The van der Waals surface area contributed by atoms with Crippen molar-refractivity contribution in [3.63, 3.8) is 0 Å². The first-order valence-corrected chi connectivity index (χ1v) is 7.54. The van der Waals surface area contributed by atoms with Gasteiger partial charge < -0.3 is 4.90 Å². The van der Waals surface area contributed by atoms with Crippen LogP contribution >= 0.6 is 23.2 Å². The minimum Gasteiger partial charge on any atom is -0.355 e. The molecule has 1 aromatic heterocycles. The highest BCUT2D eigenvalue weighted by atomic mass is 35.5. The summed E-state index contributed by atoms with van der Waals surface area (Å²) in [5.74, 6) is 0.937. The van der Waals surface area contributed by atoms with Crippen molar-refractivity contribution in [3.05, 3.63) is 40.4 Å². The number of hydrogen-bond acceptors (Lipinski definition) is 3. The Balaban J connectivity index is 1.87. The van der Waals surface area contributed by atoms with Crippen molar-refractivity contribution in [2.75, 3.05) is 18.0 Å². The number of halogens is 2. The molecule has 3 nitrogen and oxygen atoms in total. The summed E-state index contributed by atoms with van der Waals surface area (Å²) in [5, 5.41) is 9.67. The first-order chi connectivity index (χ1) is 9.75. The molecule has 0 bridgehead atoms. The topological polar surface area (TPSA) is 29.0 Å².